The van der Waals surface area contributed by atoms with Crippen molar-refractivity contribution < 1.29 is 23.6 Å². The molecule has 0 bridgehead atoms. The first-order chi connectivity index (χ1) is 16.4. The molecule has 1 aliphatic rings. The number of carbonyl (C=O) groups excluding carboxylic acids is 2. The Hall–Kier alpha value is -3.81. The number of carbonyl (C=O) groups is 2. The fourth-order valence-corrected chi connectivity index (χ4v) is 3.91. The Morgan fingerprint density at radius 2 is 1.68 bits per heavy atom. The van der Waals surface area contributed by atoms with Crippen LogP contribution in [0.1, 0.15) is 34.3 Å². The number of aromatic nitrogens is 1. The molecule has 2 heterocycles. The molecule has 0 saturated carbocycles. The molecular weight excluding hydrogens is 434 g/mol. The number of hydrogen-bond donors (Lipinski definition) is 0. The van der Waals surface area contributed by atoms with Crippen molar-refractivity contribution in [2.75, 3.05) is 31.1 Å². The molecule has 1 atom stereocenters. The molecular formula is C26H29N3O5. The highest BCUT2D eigenvalue weighted by Crippen LogP contribution is 2.19. The quantitative estimate of drug-likeness (QED) is 0.493. The normalized spacial score (nSPS) is 14.6. The van der Waals surface area contributed by atoms with Gasteiger partial charge in [-0.2, -0.15) is 0 Å². The number of piperazine rings is 1. The van der Waals surface area contributed by atoms with Crippen LogP contribution < -0.4 is 9.64 Å². The average molecular weight is 464 g/mol. The van der Waals surface area contributed by atoms with Gasteiger partial charge in [-0.3, -0.25) is 4.79 Å². The summed E-state index contributed by atoms with van der Waals surface area (Å²) in [6, 6.07) is 16.8. The zero-order valence-corrected chi connectivity index (χ0v) is 19.7. The lowest BCUT2D eigenvalue weighted by Gasteiger charge is -2.37. The van der Waals surface area contributed by atoms with E-state index in [1.165, 1.54) is 0 Å². The highest BCUT2D eigenvalue weighted by molar-refractivity contribution is 5.92. The molecule has 8 nitrogen and oxygen atoms in total. The van der Waals surface area contributed by atoms with Gasteiger partial charge >= 0.3 is 5.97 Å². The van der Waals surface area contributed by atoms with E-state index in [1.807, 2.05) is 32.0 Å². The molecule has 0 spiro atoms. The van der Waals surface area contributed by atoms with Crippen LogP contribution in [-0.4, -0.2) is 54.2 Å². The Morgan fingerprint density at radius 3 is 2.29 bits per heavy atom. The lowest BCUT2D eigenvalue weighted by Crippen LogP contribution is -2.51. The number of hydrogen-bond acceptors (Lipinski definition) is 7. The lowest BCUT2D eigenvalue weighted by molar-refractivity contribution is -0.140. The Labute approximate surface area is 199 Å². The van der Waals surface area contributed by atoms with Crippen LogP contribution in [0.4, 0.5) is 5.69 Å². The minimum Gasteiger partial charge on any atom is -0.489 e. The molecule has 1 amide bonds. The first-order valence-electron chi connectivity index (χ1n) is 11.4. The Balaban J connectivity index is 1.26. The van der Waals surface area contributed by atoms with Crippen LogP contribution in [0, 0.1) is 13.8 Å². The third-order valence-corrected chi connectivity index (χ3v) is 6.00. The van der Waals surface area contributed by atoms with Crippen LogP contribution in [0.5, 0.6) is 5.75 Å². The molecule has 0 radical (unpaired) electrons. The van der Waals surface area contributed by atoms with E-state index < -0.39 is 12.1 Å². The van der Waals surface area contributed by atoms with Crippen LogP contribution in [0.25, 0.3) is 0 Å². The predicted molar refractivity (Wildman–Crippen MR) is 127 cm³/mol. The maximum absolute atomic E-state index is 12.8. The Morgan fingerprint density at radius 1 is 1.00 bits per heavy atom. The van der Waals surface area contributed by atoms with E-state index in [4.69, 9.17) is 14.0 Å². The molecule has 1 aliphatic heterocycles. The smallest absolute Gasteiger partial charge is 0.338 e. The van der Waals surface area contributed by atoms with Gasteiger partial charge in [-0.25, -0.2) is 4.79 Å². The molecule has 8 heteroatoms. The van der Waals surface area contributed by atoms with Gasteiger partial charge in [-0.05, 0) is 57.2 Å². The number of aryl methyl sites for hydroxylation is 2. The number of rotatable bonds is 7. The minimum absolute atomic E-state index is 0.180. The summed E-state index contributed by atoms with van der Waals surface area (Å²) >= 11 is 0. The topological polar surface area (TPSA) is 85.1 Å². The van der Waals surface area contributed by atoms with E-state index in [0.29, 0.717) is 31.0 Å². The summed E-state index contributed by atoms with van der Waals surface area (Å²) in [5, 5.41) is 3.91. The van der Waals surface area contributed by atoms with Crippen LogP contribution >= 0.6 is 0 Å². The molecule has 4 rings (SSSR count). The van der Waals surface area contributed by atoms with Gasteiger partial charge < -0.3 is 23.8 Å². The number of esters is 1. The highest BCUT2D eigenvalue weighted by Gasteiger charge is 2.27. The van der Waals surface area contributed by atoms with E-state index in [2.05, 4.69) is 22.2 Å². The van der Waals surface area contributed by atoms with Crippen molar-refractivity contribution in [1.82, 2.24) is 10.1 Å². The molecule has 0 aliphatic carbocycles. The van der Waals surface area contributed by atoms with Crippen LogP contribution in [0.3, 0.4) is 0 Å². The largest absolute Gasteiger partial charge is 0.489 e. The summed E-state index contributed by atoms with van der Waals surface area (Å²) in [5.41, 5.74) is 3.20. The summed E-state index contributed by atoms with van der Waals surface area (Å²) in [6.45, 7) is 8.31. The fourth-order valence-electron chi connectivity index (χ4n) is 3.91. The van der Waals surface area contributed by atoms with Crippen molar-refractivity contribution in [2.45, 2.75) is 33.5 Å². The monoisotopic (exact) mass is 463 g/mol. The fraction of sp³-hybridized carbons (Fsp3) is 0.346. The first-order valence-corrected chi connectivity index (χ1v) is 11.4. The molecule has 34 heavy (non-hydrogen) atoms. The van der Waals surface area contributed by atoms with Gasteiger partial charge in [0.25, 0.3) is 5.91 Å². The summed E-state index contributed by atoms with van der Waals surface area (Å²) < 4.78 is 16.4. The van der Waals surface area contributed by atoms with Crippen molar-refractivity contribution in [3.05, 3.63) is 77.2 Å². The minimum atomic E-state index is -0.855. The summed E-state index contributed by atoms with van der Waals surface area (Å²) in [7, 11) is 0. The number of anilines is 1. The molecule has 3 aromatic rings. The zero-order valence-electron chi connectivity index (χ0n) is 19.7. The van der Waals surface area contributed by atoms with Gasteiger partial charge in [0.2, 0.25) is 0 Å². The van der Waals surface area contributed by atoms with Gasteiger partial charge in [0.1, 0.15) is 18.1 Å². The maximum atomic E-state index is 12.8. The average Bonchev–Trinajstić information content (AvgIpc) is 3.20. The predicted octanol–water partition coefficient (Wildman–Crippen LogP) is 3.76. The number of benzene rings is 2. The molecule has 1 saturated heterocycles. The molecule has 1 unspecified atom stereocenters. The molecule has 1 fully saturated rings. The van der Waals surface area contributed by atoms with Crippen LogP contribution in [0.15, 0.2) is 59.1 Å². The second-order valence-corrected chi connectivity index (χ2v) is 8.31. The van der Waals surface area contributed by atoms with E-state index >= 15 is 0 Å². The number of nitrogens with zero attached hydrogens (tertiary/aromatic N) is 3. The van der Waals surface area contributed by atoms with Crippen molar-refractivity contribution >= 4 is 17.6 Å². The van der Waals surface area contributed by atoms with Crippen LogP contribution in [0.2, 0.25) is 0 Å². The highest BCUT2D eigenvalue weighted by atomic mass is 16.5. The molecule has 0 N–H and O–H groups in total. The first kappa shape index (κ1) is 23.4. The van der Waals surface area contributed by atoms with Crippen molar-refractivity contribution in [3.8, 4) is 5.75 Å². The van der Waals surface area contributed by atoms with E-state index in [0.717, 1.165) is 35.8 Å². The second-order valence-electron chi connectivity index (χ2n) is 8.31. The van der Waals surface area contributed by atoms with Gasteiger partial charge in [0, 0.05) is 31.9 Å². The van der Waals surface area contributed by atoms with Crippen LogP contribution in [-0.2, 0) is 16.1 Å². The van der Waals surface area contributed by atoms with E-state index in [9.17, 15) is 9.59 Å². The van der Waals surface area contributed by atoms with E-state index in [-0.39, 0.29) is 5.91 Å². The van der Waals surface area contributed by atoms with Crippen molar-refractivity contribution in [2.24, 2.45) is 0 Å². The Bertz CT molecular complexity index is 1100. The molecule has 2 aromatic carbocycles. The van der Waals surface area contributed by atoms with E-state index in [1.54, 1.807) is 36.1 Å². The number of para-hydroxylation sites is 1. The third-order valence-electron chi connectivity index (χ3n) is 6.00. The van der Waals surface area contributed by atoms with Crippen molar-refractivity contribution in [3.63, 3.8) is 0 Å². The summed E-state index contributed by atoms with van der Waals surface area (Å²) in [6.07, 6.45) is -0.855. The standard InChI is InChI=1S/C26H29N3O5/c1-18-24(19(2)34-27-18)17-32-23-11-9-21(10-12-23)26(31)33-20(3)25(30)29-15-13-28(14-16-29)22-7-5-4-6-8-22/h4-12,20H,13-17H2,1-3H3. The lowest BCUT2D eigenvalue weighted by atomic mass is 10.2. The number of ether oxygens (including phenoxy) is 2. The van der Waals surface area contributed by atoms with Gasteiger partial charge in [-0.15, -0.1) is 0 Å². The maximum Gasteiger partial charge on any atom is 0.338 e. The molecule has 178 valence electrons. The second kappa shape index (κ2) is 10.4. The van der Waals surface area contributed by atoms with Gasteiger partial charge in [-0.1, -0.05) is 23.4 Å². The van der Waals surface area contributed by atoms with Gasteiger partial charge in [0.15, 0.2) is 6.10 Å². The Kier molecular flexibility index (Phi) is 7.15. The summed E-state index contributed by atoms with van der Waals surface area (Å²) in [4.78, 5) is 29.4. The third kappa shape index (κ3) is 5.39. The van der Waals surface area contributed by atoms with Crippen molar-refractivity contribution in [1.29, 1.82) is 0 Å². The SMILES string of the molecule is Cc1noc(C)c1COc1ccc(C(=O)OC(C)C(=O)N2CCN(c3ccccc3)CC2)cc1. The van der Waals surface area contributed by atoms with Gasteiger partial charge in [0.05, 0.1) is 16.8 Å². The summed E-state index contributed by atoms with van der Waals surface area (Å²) in [5.74, 6) is 0.608. The zero-order chi connectivity index (χ0) is 24.1. The number of amides is 1. The molecule has 1 aromatic heterocycles.